The van der Waals surface area contributed by atoms with Gasteiger partial charge < -0.3 is 20.1 Å². The molecule has 172 valence electrons. The van der Waals surface area contributed by atoms with Crippen LogP contribution in [0.25, 0.3) is 0 Å². The van der Waals surface area contributed by atoms with Crippen LogP contribution in [0.1, 0.15) is 36.9 Å². The Balaban J connectivity index is 1.64. The van der Waals surface area contributed by atoms with Gasteiger partial charge in [-0.2, -0.15) is 13.2 Å². The van der Waals surface area contributed by atoms with E-state index in [1.54, 1.807) is 12.3 Å². The van der Waals surface area contributed by atoms with Crippen LogP contribution in [0, 0.1) is 0 Å². The monoisotopic (exact) mass is 450 g/mol. The smallest absolute Gasteiger partial charge is 0.416 e. The van der Waals surface area contributed by atoms with Gasteiger partial charge >= 0.3 is 12.3 Å². The molecule has 7 nitrogen and oxygen atoms in total. The van der Waals surface area contributed by atoms with Crippen molar-refractivity contribution >= 4 is 23.3 Å². The minimum atomic E-state index is -4.52. The van der Waals surface area contributed by atoms with E-state index in [1.165, 1.54) is 11.0 Å². The van der Waals surface area contributed by atoms with Crippen molar-refractivity contribution in [3.8, 4) is 0 Å². The summed E-state index contributed by atoms with van der Waals surface area (Å²) in [6.07, 6.45) is -3.10. The molecule has 2 N–H and O–H groups in total. The molecule has 1 fully saturated rings. The SMILES string of the molecule is CC[C@@H]1C[C@H](Nc2ccc(N3CCOCC3)cn2)c2cc(C(F)(F)F)ccc2N1C(=O)O. The highest BCUT2D eigenvalue weighted by Gasteiger charge is 2.38. The summed E-state index contributed by atoms with van der Waals surface area (Å²) < 4.78 is 45.4. The van der Waals surface area contributed by atoms with Gasteiger partial charge in [0, 0.05) is 19.1 Å². The van der Waals surface area contributed by atoms with Crippen LogP contribution < -0.4 is 15.1 Å². The Bertz CT molecular complexity index is 962. The number of morpholine rings is 1. The maximum atomic E-state index is 13.4. The second-order valence-corrected chi connectivity index (χ2v) is 7.92. The van der Waals surface area contributed by atoms with E-state index in [1.807, 2.05) is 13.0 Å². The summed E-state index contributed by atoms with van der Waals surface area (Å²) in [6.45, 7) is 4.71. The average molecular weight is 450 g/mol. The molecular weight excluding hydrogens is 425 g/mol. The molecule has 0 radical (unpaired) electrons. The summed E-state index contributed by atoms with van der Waals surface area (Å²) in [4.78, 5) is 19.7. The fourth-order valence-electron chi connectivity index (χ4n) is 4.33. The largest absolute Gasteiger partial charge is 0.465 e. The van der Waals surface area contributed by atoms with Crippen molar-refractivity contribution < 1.29 is 27.8 Å². The molecule has 0 saturated carbocycles. The number of hydrogen-bond acceptors (Lipinski definition) is 5. The van der Waals surface area contributed by atoms with Gasteiger partial charge in [-0.1, -0.05) is 6.92 Å². The van der Waals surface area contributed by atoms with E-state index < -0.39 is 23.9 Å². The van der Waals surface area contributed by atoms with Crippen molar-refractivity contribution in [1.29, 1.82) is 0 Å². The molecule has 3 heterocycles. The predicted molar refractivity (Wildman–Crippen MR) is 114 cm³/mol. The Labute approximate surface area is 183 Å². The lowest BCUT2D eigenvalue weighted by Crippen LogP contribution is -2.45. The Hall–Kier alpha value is -3.01. The van der Waals surface area contributed by atoms with Gasteiger partial charge in [0.2, 0.25) is 0 Å². The highest BCUT2D eigenvalue weighted by molar-refractivity contribution is 5.89. The molecule has 2 atom stereocenters. The number of alkyl halides is 3. The zero-order valence-electron chi connectivity index (χ0n) is 17.6. The number of ether oxygens (including phenoxy) is 1. The van der Waals surface area contributed by atoms with Crippen molar-refractivity contribution in [3.63, 3.8) is 0 Å². The van der Waals surface area contributed by atoms with Crippen LogP contribution in [0.2, 0.25) is 0 Å². The summed E-state index contributed by atoms with van der Waals surface area (Å²) in [5.74, 6) is 0.522. The van der Waals surface area contributed by atoms with E-state index >= 15 is 0 Å². The molecule has 2 aliphatic rings. The molecule has 0 spiro atoms. The molecule has 32 heavy (non-hydrogen) atoms. The highest BCUT2D eigenvalue weighted by atomic mass is 19.4. The lowest BCUT2D eigenvalue weighted by atomic mass is 9.88. The fourth-order valence-corrected chi connectivity index (χ4v) is 4.33. The van der Waals surface area contributed by atoms with Crippen LogP contribution in [0.5, 0.6) is 0 Å². The van der Waals surface area contributed by atoms with Gasteiger partial charge in [0.25, 0.3) is 0 Å². The quantitative estimate of drug-likeness (QED) is 0.700. The van der Waals surface area contributed by atoms with Crippen molar-refractivity contribution in [2.45, 2.75) is 38.0 Å². The molecule has 0 unspecified atom stereocenters. The van der Waals surface area contributed by atoms with Gasteiger partial charge in [0.05, 0.1) is 42.4 Å². The molecule has 1 saturated heterocycles. The number of amides is 1. The second-order valence-electron chi connectivity index (χ2n) is 7.92. The first-order chi connectivity index (χ1) is 15.3. The van der Waals surface area contributed by atoms with E-state index in [-0.39, 0.29) is 11.7 Å². The molecule has 1 aromatic carbocycles. The Morgan fingerprint density at radius 2 is 2.00 bits per heavy atom. The lowest BCUT2D eigenvalue weighted by molar-refractivity contribution is -0.137. The first-order valence-electron chi connectivity index (χ1n) is 10.6. The number of halogens is 3. The minimum Gasteiger partial charge on any atom is -0.465 e. The third kappa shape index (κ3) is 4.45. The number of carbonyl (C=O) groups is 1. The number of aromatic nitrogens is 1. The van der Waals surface area contributed by atoms with Crippen molar-refractivity contribution in [1.82, 2.24) is 4.98 Å². The summed E-state index contributed by atoms with van der Waals surface area (Å²) in [7, 11) is 0. The third-order valence-corrected chi connectivity index (χ3v) is 5.99. The van der Waals surface area contributed by atoms with Gasteiger partial charge in [-0.05, 0) is 48.7 Å². The number of pyridine rings is 1. The maximum absolute atomic E-state index is 13.4. The summed E-state index contributed by atoms with van der Waals surface area (Å²) in [5, 5.41) is 12.9. The van der Waals surface area contributed by atoms with Crippen LogP contribution in [0.4, 0.5) is 35.2 Å². The normalized spacial score (nSPS) is 21.2. The first-order valence-corrected chi connectivity index (χ1v) is 10.6. The molecule has 2 aliphatic heterocycles. The number of fused-ring (bicyclic) bond motifs is 1. The molecule has 0 aliphatic carbocycles. The number of hydrogen-bond donors (Lipinski definition) is 2. The Morgan fingerprint density at radius 3 is 2.59 bits per heavy atom. The van der Waals surface area contributed by atoms with Crippen molar-refractivity contribution in [3.05, 3.63) is 47.7 Å². The minimum absolute atomic E-state index is 0.269. The van der Waals surface area contributed by atoms with Crippen LogP contribution in [0.3, 0.4) is 0 Å². The van der Waals surface area contributed by atoms with Crippen LogP contribution in [-0.2, 0) is 10.9 Å². The number of carboxylic acid groups (broad SMARTS) is 1. The van der Waals surface area contributed by atoms with E-state index in [0.717, 1.165) is 30.9 Å². The molecule has 2 aromatic rings. The van der Waals surface area contributed by atoms with Gasteiger partial charge in [-0.15, -0.1) is 0 Å². The maximum Gasteiger partial charge on any atom is 0.416 e. The second kappa shape index (κ2) is 8.85. The highest BCUT2D eigenvalue weighted by Crippen LogP contribution is 2.42. The summed E-state index contributed by atoms with van der Waals surface area (Å²) >= 11 is 0. The van der Waals surface area contributed by atoms with E-state index in [2.05, 4.69) is 15.2 Å². The van der Waals surface area contributed by atoms with E-state index in [0.29, 0.717) is 37.4 Å². The molecule has 4 rings (SSSR count). The first kappa shape index (κ1) is 22.2. The number of nitrogens with one attached hydrogen (secondary N) is 1. The summed E-state index contributed by atoms with van der Waals surface area (Å²) in [5.41, 5.74) is 0.710. The van der Waals surface area contributed by atoms with Gasteiger partial charge in [-0.3, -0.25) is 4.90 Å². The number of benzene rings is 1. The van der Waals surface area contributed by atoms with Crippen molar-refractivity contribution in [2.24, 2.45) is 0 Å². The number of nitrogens with zero attached hydrogens (tertiary/aromatic N) is 3. The molecule has 0 bridgehead atoms. The Kier molecular flexibility index (Phi) is 6.14. The number of rotatable bonds is 4. The lowest BCUT2D eigenvalue weighted by Gasteiger charge is -2.39. The molecular formula is C22H25F3N4O3. The topological polar surface area (TPSA) is 77.9 Å². The average Bonchev–Trinajstić information content (AvgIpc) is 2.78. The van der Waals surface area contributed by atoms with Gasteiger partial charge in [-0.25, -0.2) is 9.78 Å². The molecule has 1 amide bonds. The van der Waals surface area contributed by atoms with Gasteiger partial charge in [0.15, 0.2) is 0 Å². The van der Waals surface area contributed by atoms with Crippen LogP contribution >= 0.6 is 0 Å². The van der Waals surface area contributed by atoms with E-state index in [9.17, 15) is 23.1 Å². The van der Waals surface area contributed by atoms with Crippen LogP contribution in [-0.4, -0.2) is 48.5 Å². The molecule has 1 aromatic heterocycles. The summed E-state index contributed by atoms with van der Waals surface area (Å²) in [6, 6.07) is 6.06. The third-order valence-electron chi connectivity index (χ3n) is 5.99. The van der Waals surface area contributed by atoms with Crippen LogP contribution in [0.15, 0.2) is 36.5 Å². The van der Waals surface area contributed by atoms with Gasteiger partial charge in [0.1, 0.15) is 5.82 Å². The predicted octanol–water partition coefficient (Wildman–Crippen LogP) is 4.76. The zero-order valence-corrected chi connectivity index (χ0v) is 17.6. The standard InChI is InChI=1S/C22H25F3N4O3/c1-2-15-12-18(27-20-6-4-16(13-26-20)28-7-9-32-10-8-28)17-11-14(22(23,24)25)3-5-19(17)29(15)21(30)31/h3-6,11,13,15,18H,2,7-10,12H2,1H3,(H,26,27)(H,30,31)/t15-,18+/m1/s1. The Morgan fingerprint density at radius 1 is 1.25 bits per heavy atom. The fraction of sp³-hybridized carbons (Fsp3) is 0.455. The molecule has 10 heteroatoms. The zero-order chi connectivity index (χ0) is 22.9. The van der Waals surface area contributed by atoms with Crippen molar-refractivity contribution in [2.75, 3.05) is 41.4 Å². The number of anilines is 3. The van der Waals surface area contributed by atoms with E-state index in [4.69, 9.17) is 4.74 Å².